The summed E-state index contributed by atoms with van der Waals surface area (Å²) in [6, 6.07) is 4.95. The van der Waals surface area contributed by atoms with E-state index in [9.17, 15) is 0 Å². The molecule has 5 heteroatoms. The summed E-state index contributed by atoms with van der Waals surface area (Å²) in [5, 5.41) is 8.97. The van der Waals surface area contributed by atoms with Gasteiger partial charge in [0.25, 0.3) is 0 Å². The van der Waals surface area contributed by atoms with Gasteiger partial charge in [-0.15, -0.1) is 11.3 Å². The zero-order chi connectivity index (χ0) is 14.2. The van der Waals surface area contributed by atoms with Crippen molar-refractivity contribution in [3.8, 4) is 0 Å². The summed E-state index contributed by atoms with van der Waals surface area (Å²) in [4.78, 5) is 8.26. The summed E-state index contributed by atoms with van der Waals surface area (Å²) < 4.78 is 0. The molecule has 0 radical (unpaired) electrons. The molecule has 0 saturated carbocycles. The van der Waals surface area contributed by atoms with Crippen LogP contribution in [-0.4, -0.2) is 50.1 Å². The van der Waals surface area contributed by atoms with Gasteiger partial charge in [-0.05, 0) is 43.8 Å². The first-order valence-electron chi connectivity index (χ1n) is 7.54. The molecule has 20 heavy (non-hydrogen) atoms. The Morgan fingerprint density at radius 1 is 1.50 bits per heavy atom. The topological polar surface area (TPSA) is 39.7 Å². The molecule has 1 saturated heterocycles. The van der Waals surface area contributed by atoms with Gasteiger partial charge in [-0.25, -0.2) is 0 Å². The van der Waals surface area contributed by atoms with Crippen LogP contribution in [0.5, 0.6) is 0 Å². The van der Waals surface area contributed by atoms with E-state index in [2.05, 4.69) is 45.0 Å². The van der Waals surface area contributed by atoms with Crippen LogP contribution in [0.15, 0.2) is 22.5 Å². The fourth-order valence-electron chi connectivity index (χ4n) is 2.74. The zero-order valence-corrected chi connectivity index (χ0v) is 13.4. The number of nitrogens with zero attached hydrogens (tertiary/aromatic N) is 2. The van der Waals surface area contributed by atoms with Crippen molar-refractivity contribution in [3.05, 3.63) is 22.4 Å². The number of thiophene rings is 1. The van der Waals surface area contributed by atoms with E-state index in [-0.39, 0.29) is 0 Å². The maximum absolute atomic E-state index is 4.30. The van der Waals surface area contributed by atoms with Crippen LogP contribution >= 0.6 is 11.3 Å². The Labute approximate surface area is 126 Å². The van der Waals surface area contributed by atoms with Crippen molar-refractivity contribution in [2.45, 2.75) is 32.2 Å². The predicted octanol–water partition coefficient (Wildman–Crippen LogP) is 1.94. The first-order chi connectivity index (χ1) is 9.83. The van der Waals surface area contributed by atoms with Crippen molar-refractivity contribution in [1.29, 1.82) is 0 Å². The molecule has 1 aliphatic heterocycles. The number of likely N-dealkylation sites (N-methyl/N-ethyl adjacent to an activating group) is 1. The van der Waals surface area contributed by atoms with Crippen LogP contribution in [0, 0.1) is 0 Å². The smallest absolute Gasteiger partial charge is 0.191 e. The standard InChI is InChI=1S/C15H26N4S/c1-3-19-10-4-6-13(19)12-18-15(16-2)17-9-8-14-7-5-11-20-14/h5,7,11,13H,3-4,6,8-10,12H2,1-2H3,(H2,16,17,18). The molecule has 1 fully saturated rings. The van der Waals surface area contributed by atoms with Crippen LogP contribution in [0.4, 0.5) is 0 Å². The molecule has 2 heterocycles. The fourth-order valence-corrected chi connectivity index (χ4v) is 3.45. The Morgan fingerprint density at radius 2 is 2.40 bits per heavy atom. The van der Waals surface area contributed by atoms with E-state index in [1.165, 1.54) is 24.3 Å². The van der Waals surface area contributed by atoms with E-state index in [1.54, 1.807) is 0 Å². The maximum Gasteiger partial charge on any atom is 0.191 e. The number of guanidine groups is 1. The lowest BCUT2D eigenvalue weighted by molar-refractivity contribution is 0.267. The summed E-state index contributed by atoms with van der Waals surface area (Å²) in [5.41, 5.74) is 0. The highest BCUT2D eigenvalue weighted by atomic mass is 32.1. The molecule has 1 unspecified atom stereocenters. The molecule has 0 amide bonds. The third-order valence-electron chi connectivity index (χ3n) is 3.88. The van der Waals surface area contributed by atoms with Gasteiger partial charge >= 0.3 is 0 Å². The van der Waals surface area contributed by atoms with Gasteiger partial charge in [0.15, 0.2) is 5.96 Å². The molecule has 112 valence electrons. The van der Waals surface area contributed by atoms with Crippen molar-refractivity contribution in [1.82, 2.24) is 15.5 Å². The molecule has 2 rings (SSSR count). The molecule has 0 aromatic carbocycles. The molecule has 1 aromatic rings. The number of likely N-dealkylation sites (tertiary alicyclic amines) is 1. The molecule has 4 nitrogen and oxygen atoms in total. The molecule has 0 bridgehead atoms. The molecule has 0 spiro atoms. The average molecular weight is 294 g/mol. The minimum atomic E-state index is 0.663. The Hall–Kier alpha value is -1.07. The summed E-state index contributed by atoms with van der Waals surface area (Å²) in [6.07, 6.45) is 3.68. The van der Waals surface area contributed by atoms with Crippen molar-refractivity contribution in [3.63, 3.8) is 0 Å². The lowest BCUT2D eigenvalue weighted by atomic mass is 10.2. The van der Waals surface area contributed by atoms with Crippen LogP contribution in [0.3, 0.4) is 0 Å². The van der Waals surface area contributed by atoms with E-state index in [4.69, 9.17) is 0 Å². The highest BCUT2D eigenvalue weighted by molar-refractivity contribution is 7.09. The number of aliphatic imine (C=N–C) groups is 1. The second kappa shape index (κ2) is 8.27. The van der Waals surface area contributed by atoms with Crippen LogP contribution < -0.4 is 10.6 Å². The van der Waals surface area contributed by atoms with E-state index in [0.29, 0.717) is 6.04 Å². The van der Waals surface area contributed by atoms with Gasteiger partial charge in [-0.3, -0.25) is 9.89 Å². The molecule has 1 atom stereocenters. The van der Waals surface area contributed by atoms with E-state index in [1.807, 2.05) is 18.4 Å². The van der Waals surface area contributed by atoms with E-state index < -0.39 is 0 Å². The monoisotopic (exact) mass is 294 g/mol. The van der Waals surface area contributed by atoms with Crippen molar-refractivity contribution < 1.29 is 0 Å². The predicted molar refractivity (Wildman–Crippen MR) is 87.7 cm³/mol. The normalized spacial score (nSPS) is 20.3. The Balaban J connectivity index is 1.67. The number of rotatable bonds is 6. The highest BCUT2D eigenvalue weighted by Gasteiger charge is 2.22. The molecule has 1 aliphatic rings. The van der Waals surface area contributed by atoms with Gasteiger partial charge in [0.2, 0.25) is 0 Å². The first-order valence-corrected chi connectivity index (χ1v) is 8.42. The summed E-state index contributed by atoms with van der Waals surface area (Å²) in [6.45, 7) is 6.56. The Morgan fingerprint density at radius 3 is 3.10 bits per heavy atom. The lowest BCUT2D eigenvalue weighted by Gasteiger charge is -2.23. The van der Waals surface area contributed by atoms with Gasteiger partial charge < -0.3 is 10.6 Å². The molecule has 0 aliphatic carbocycles. The summed E-state index contributed by atoms with van der Waals surface area (Å²) in [7, 11) is 1.84. The summed E-state index contributed by atoms with van der Waals surface area (Å²) >= 11 is 1.81. The fraction of sp³-hybridized carbons (Fsp3) is 0.667. The van der Waals surface area contributed by atoms with Gasteiger partial charge in [0, 0.05) is 31.1 Å². The largest absolute Gasteiger partial charge is 0.356 e. The second-order valence-electron chi connectivity index (χ2n) is 5.13. The maximum atomic E-state index is 4.30. The van der Waals surface area contributed by atoms with Gasteiger partial charge in [0.1, 0.15) is 0 Å². The van der Waals surface area contributed by atoms with Crippen LogP contribution in [0.25, 0.3) is 0 Å². The van der Waals surface area contributed by atoms with Crippen molar-refractivity contribution >= 4 is 17.3 Å². The molecule has 1 aromatic heterocycles. The first kappa shape index (κ1) is 15.3. The van der Waals surface area contributed by atoms with Gasteiger partial charge in [-0.1, -0.05) is 13.0 Å². The molecular formula is C15H26N4S. The SMILES string of the molecule is CCN1CCCC1CNC(=NC)NCCc1cccs1. The van der Waals surface area contributed by atoms with Crippen molar-refractivity contribution in [2.24, 2.45) is 4.99 Å². The summed E-state index contributed by atoms with van der Waals surface area (Å²) in [5.74, 6) is 0.921. The molecular weight excluding hydrogens is 268 g/mol. The lowest BCUT2D eigenvalue weighted by Crippen LogP contribution is -2.45. The third kappa shape index (κ3) is 4.49. The molecule has 2 N–H and O–H groups in total. The van der Waals surface area contributed by atoms with Gasteiger partial charge in [0.05, 0.1) is 0 Å². The Bertz CT molecular complexity index is 402. The van der Waals surface area contributed by atoms with Gasteiger partial charge in [-0.2, -0.15) is 0 Å². The van der Waals surface area contributed by atoms with Crippen LogP contribution in [0.2, 0.25) is 0 Å². The Kier molecular flexibility index (Phi) is 6.33. The number of nitrogens with one attached hydrogen (secondary N) is 2. The van der Waals surface area contributed by atoms with E-state index in [0.717, 1.165) is 32.0 Å². The minimum Gasteiger partial charge on any atom is -0.356 e. The minimum absolute atomic E-state index is 0.663. The third-order valence-corrected chi connectivity index (χ3v) is 4.81. The second-order valence-corrected chi connectivity index (χ2v) is 6.17. The van der Waals surface area contributed by atoms with Crippen LogP contribution in [-0.2, 0) is 6.42 Å². The zero-order valence-electron chi connectivity index (χ0n) is 12.6. The highest BCUT2D eigenvalue weighted by Crippen LogP contribution is 2.15. The van der Waals surface area contributed by atoms with E-state index >= 15 is 0 Å². The quantitative estimate of drug-likeness (QED) is 0.622. The van der Waals surface area contributed by atoms with Crippen molar-refractivity contribution in [2.75, 3.05) is 33.2 Å². The van der Waals surface area contributed by atoms with Crippen LogP contribution in [0.1, 0.15) is 24.6 Å². The number of hydrogen-bond donors (Lipinski definition) is 2. The number of hydrogen-bond acceptors (Lipinski definition) is 3. The average Bonchev–Trinajstić information content (AvgIpc) is 3.13.